The number of rotatable bonds is 5. The molecular weight excluding hydrogens is 336 g/mol. The third-order valence-electron chi connectivity index (χ3n) is 4.32. The smallest absolute Gasteiger partial charge is 0.322 e. The molecular formula is C18H22N4O2S. The number of thiophene rings is 1. The van der Waals surface area contributed by atoms with Gasteiger partial charge in [0.25, 0.3) is 0 Å². The number of anilines is 1. The van der Waals surface area contributed by atoms with Crippen LogP contribution in [-0.4, -0.2) is 39.2 Å². The molecule has 0 spiro atoms. The summed E-state index contributed by atoms with van der Waals surface area (Å²) in [6.07, 6.45) is 1.65. The lowest BCUT2D eigenvalue weighted by Crippen LogP contribution is -2.36. The van der Waals surface area contributed by atoms with Crippen LogP contribution in [0.2, 0.25) is 0 Å². The van der Waals surface area contributed by atoms with Crippen molar-refractivity contribution in [3.8, 4) is 0 Å². The van der Waals surface area contributed by atoms with Crippen molar-refractivity contribution in [1.82, 2.24) is 14.9 Å². The third-order valence-corrected chi connectivity index (χ3v) is 5.31. The van der Waals surface area contributed by atoms with Crippen LogP contribution >= 0.6 is 11.3 Å². The van der Waals surface area contributed by atoms with Crippen LogP contribution in [0.5, 0.6) is 0 Å². The number of H-pyrrole nitrogens is 1. The maximum absolute atomic E-state index is 12.7. The van der Waals surface area contributed by atoms with Gasteiger partial charge in [-0.15, -0.1) is 11.3 Å². The van der Waals surface area contributed by atoms with Crippen LogP contribution < -0.4 is 5.32 Å². The molecule has 2 amide bonds. The molecule has 3 N–H and O–H groups in total. The van der Waals surface area contributed by atoms with Crippen LogP contribution in [0.25, 0.3) is 11.0 Å². The number of urea groups is 1. The molecule has 25 heavy (non-hydrogen) atoms. The van der Waals surface area contributed by atoms with Crippen molar-refractivity contribution in [1.29, 1.82) is 0 Å². The number of carbonyl (C=O) groups is 1. The molecule has 2 aromatic heterocycles. The van der Waals surface area contributed by atoms with Crippen molar-refractivity contribution in [2.45, 2.75) is 27.3 Å². The van der Waals surface area contributed by atoms with Gasteiger partial charge in [-0.3, -0.25) is 0 Å². The number of aryl methyl sites for hydroxylation is 2. The fourth-order valence-electron chi connectivity index (χ4n) is 2.80. The molecule has 0 atom stereocenters. The number of benzene rings is 1. The number of aliphatic hydroxyl groups excluding tert-OH is 1. The summed E-state index contributed by atoms with van der Waals surface area (Å²) >= 11 is 1.66. The molecule has 0 saturated heterocycles. The van der Waals surface area contributed by atoms with Gasteiger partial charge in [-0.05, 0) is 50.1 Å². The molecule has 6 nitrogen and oxygen atoms in total. The second-order valence-electron chi connectivity index (χ2n) is 6.06. The number of aromatic nitrogens is 2. The zero-order valence-corrected chi connectivity index (χ0v) is 15.4. The second kappa shape index (κ2) is 7.25. The van der Waals surface area contributed by atoms with E-state index in [1.807, 2.05) is 39.0 Å². The summed E-state index contributed by atoms with van der Waals surface area (Å²) in [7, 11) is 0. The van der Waals surface area contributed by atoms with Crippen LogP contribution in [0.4, 0.5) is 10.5 Å². The highest BCUT2D eigenvalue weighted by molar-refractivity contribution is 7.11. The minimum absolute atomic E-state index is 0.0740. The van der Waals surface area contributed by atoms with Crippen molar-refractivity contribution in [3.63, 3.8) is 0 Å². The Morgan fingerprint density at radius 1 is 1.32 bits per heavy atom. The van der Waals surface area contributed by atoms with E-state index in [0.29, 0.717) is 6.54 Å². The third kappa shape index (κ3) is 3.67. The van der Waals surface area contributed by atoms with E-state index >= 15 is 0 Å². The highest BCUT2D eigenvalue weighted by Gasteiger charge is 2.17. The summed E-state index contributed by atoms with van der Waals surface area (Å²) in [5, 5.41) is 12.3. The van der Waals surface area contributed by atoms with E-state index < -0.39 is 0 Å². The van der Waals surface area contributed by atoms with Gasteiger partial charge >= 0.3 is 6.03 Å². The fraction of sp³-hybridized carbons (Fsp3) is 0.333. The summed E-state index contributed by atoms with van der Waals surface area (Å²) in [6, 6.07) is 5.73. The van der Waals surface area contributed by atoms with Crippen LogP contribution in [-0.2, 0) is 6.54 Å². The number of carbonyl (C=O) groups excluding carboxylic acids is 1. The molecule has 0 unspecified atom stereocenters. The van der Waals surface area contributed by atoms with Crippen LogP contribution in [0.3, 0.4) is 0 Å². The first-order valence-corrected chi connectivity index (χ1v) is 8.96. The lowest BCUT2D eigenvalue weighted by atomic mass is 10.1. The quantitative estimate of drug-likeness (QED) is 0.652. The van der Waals surface area contributed by atoms with E-state index in [9.17, 15) is 9.90 Å². The standard InChI is InChI=1S/C18H22N4O2S/c1-11-4-5-14(25-11)9-22(6-7-23)18(24)21-15-8-16-17(20-10-19-16)13(3)12(15)2/h4-5,8,10,23H,6-7,9H2,1-3H3,(H,19,20)(H,21,24). The first-order chi connectivity index (χ1) is 12.0. The molecule has 0 saturated carbocycles. The van der Waals surface area contributed by atoms with Gasteiger partial charge in [0, 0.05) is 22.0 Å². The van der Waals surface area contributed by atoms with Gasteiger partial charge in [0.05, 0.1) is 30.5 Å². The lowest BCUT2D eigenvalue weighted by molar-refractivity contribution is 0.186. The Morgan fingerprint density at radius 2 is 2.12 bits per heavy atom. The number of aromatic amines is 1. The molecule has 132 valence electrons. The van der Waals surface area contributed by atoms with Gasteiger partial charge < -0.3 is 20.3 Å². The number of aliphatic hydroxyl groups is 1. The maximum atomic E-state index is 12.7. The molecule has 0 fully saturated rings. The zero-order chi connectivity index (χ0) is 18.0. The summed E-state index contributed by atoms with van der Waals surface area (Å²) in [6.45, 7) is 6.69. The second-order valence-corrected chi connectivity index (χ2v) is 7.43. The number of hydrogen-bond donors (Lipinski definition) is 3. The van der Waals surface area contributed by atoms with Crippen molar-refractivity contribution < 1.29 is 9.90 Å². The SMILES string of the molecule is Cc1ccc(CN(CCO)C(=O)Nc2cc3[nH]cnc3c(C)c2C)s1. The van der Waals surface area contributed by atoms with E-state index in [1.165, 1.54) is 4.88 Å². The number of imidazole rings is 1. The van der Waals surface area contributed by atoms with E-state index in [1.54, 1.807) is 22.6 Å². The molecule has 1 aromatic carbocycles. The predicted molar refractivity (Wildman–Crippen MR) is 101 cm³/mol. The van der Waals surface area contributed by atoms with Gasteiger partial charge in [0.1, 0.15) is 0 Å². The van der Waals surface area contributed by atoms with E-state index in [-0.39, 0.29) is 19.2 Å². The Kier molecular flexibility index (Phi) is 5.06. The van der Waals surface area contributed by atoms with Gasteiger partial charge in [0.15, 0.2) is 0 Å². The summed E-state index contributed by atoms with van der Waals surface area (Å²) in [4.78, 5) is 24.1. The highest BCUT2D eigenvalue weighted by atomic mass is 32.1. The molecule has 3 rings (SSSR count). The van der Waals surface area contributed by atoms with Crippen molar-refractivity contribution >= 4 is 34.1 Å². The number of fused-ring (bicyclic) bond motifs is 1. The molecule has 0 aliphatic heterocycles. The Morgan fingerprint density at radius 3 is 2.80 bits per heavy atom. The Balaban J connectivity index is 1.82. The molecule has 0 radical (unpaired) electrons. The average Bonchev–Trinajstić information content (AvgIpc) is 3.20. The van der Waals surface area contributed by atoms with Crippen LogP contribution in [0.1, 0.15) is 20.9 Å². The first-order valence-electron chi connectivity index (χ1n) is 8.15. The van der Waals surface area contributed by atoms with Gasteiger partial charge in [-0.1, -0.05) is 0 Å². The normalized spacial score (nSPS) is 11.0. The number of amides is 2. The molecule has 0 aliphatic carbocycles. The predicted octanol–water partition coefficient (Wildman–Crippen LogP) is 3.58. The maximum Gasteiger partial charge on any atom is 0.322 e. The topological polar surface area (TPSA) is 81.2 Å². The Hall–Kier alpha value is -2.38. The minimum atomic E-state index is -0.221. The van der Waals surface area contributed by atoms with Crippen LogP contribution in [0, 0.1) is 20.8 Å². The monoisotopic (exact) mass is 358 g/mol. The van der Waals surface area contributed by atoms with Gasteiger partial charge in [0.2, 0.25) is 0 Å². The fourth-order valence-corrected chi connectivity index (χ4v) is 3.71. The van der Waals surface area contributed by atoms with Gasteiger partial charge in [-0.2, -0.15) is 0 Å². The number of nitrogens with zero attached hydrogens (tertiary/aromatic N) is 2. The largest absolute Gasteiger partial charge is 0.395 e. The first kappa shape index (κ1) is 17.4. The number of hydrogen-bond acceptors (Lipinski definition) is 4. The Bertz CT molecular complexity index is 900. The molecule has 0 aliphatic rings. The van der Waals surface area contributed by atoms with Crippen LogP contribution in [0.15, 0.2) is 24.5 Å². The van der Waals surface area contributed by atoms with Crippen molar-refractivity contribution in [3.05, 3.63) is 45.4 Å². The highest BCUT2D eigenvalue weighted by Crippen LogP contribution is 2.26. The van der Waals surface area contributed by atoms with Crippen molar-refractivity contribution in [2.24, 2.45) is 0 Å². The van der Waals surface area contributed by atoms with E-state index in [4.69, 9.17) is 0 Å². The van der Waals surface area contributed by atoms with Gasteiger partial charge in [-0.25, -0.2) is 9.78 Å². The van der Waals surface area contributed by atoms with E-state index in [0.717, 1.165) is 32.7 Å². The molecule has 7 heteroatoms. The summed E-state index contributed by atoms with van der Waals surface area (Å²) in [5.41, 5.74) is 4.59. The lowest BCUT2D eigenvalue weighted by Gasteiger charge is -2.22. The molecule has 2 heterocycles. The summed E-state index contributed by atoms with van der Waals surface area (Å²) < 4.78 is 0. The van der Waals surface area contributed by atoms with Crippen molar-refractivity contribution in [2.75, 3.05) is 18.5 Å². The van der Waals surface area contributed by atoms with E-state index in [2.05, 4.69) is 15.3 Å². The Labute approximate surface area is 150 Å². The average molecular weight is 358 g/mol. The molecule has 0 bridgehead atoms. The molecule has 3 aromatic rings. The zero-order valence-electron chi connectivity index (χ0n) is 14.6. The number of nitrogens with one attached hydrogen (secondary N) is 2. The minimum Gasteiger partial charge on any atom is -0.395 e. The summed E-state index contributed by atoms with van der Waals surface area (Å²) in [5.74, 6) is 0.